The standard InChI is InChI=1S/C33H37ClFN5O3/c34-26-12-9-24(10-13-26)11-14-29(41)38-20-16-33(17-21-38)32(43)39(22-19-37-18-15-25-5-4-6-27(35)23-25)31(30(36)42)40(33)28-7-2-1-3-8-28/h1-10,12-13,23,31,37H,11,14-22H2,(H2,36,42)/t31-/m0/s1. The molecule has 2 aliphatic rings. The number of carbonyl (C=O) groups is 3. The number of piperidine rings is 1. The summed E-state index contributed by atoms with van der Waals surface area (Å²) in [5.74, 6) is -0.993. The minimum absolute atomic E-state index is 0.0345. The van der Waals surface area contributed by atoms with E-state index in [1.54, 1.807) is 11.0 Å². The molecule has 3 amide bonds. The summed E-state index contributed by atoms with van der Waals surface area (Å²) in [7, 11) is 0. The third kappa shape index (κ3) is 6.84. The number of likely N-dealkylation sites (tertiary alicyclic amines) is 1. The van der Waals surface area contributed by atoms with Crippen LogP contribution in [0.2, 0.25) is 5.02 Å². The third-order valence-corrected chi connectivity index (χ3v) is 8.69. The van der Waals surface area contributed by atoms with E-state index in [9.17, 15) is 18.8 Å². The second-order valence-electron chi connectivity index (χ2n) is 11.1. The number of nitrogens with one attached hydrogen (secondary N) is 1. The van der Waals surface area contributed by atoms with Crippen LogP contribution in [0.15, 0.2) is 78.9 Å². The molecule has 5 rings (SSSR count). The summed E-state index contributed by atoms with van der Waals surface area (Å²) in [6.07, 6.45) is 1.43. The van der Waals surface area contributed by atoms with E-state index in [2.05, 4.69) is 5.32 Å². The summed E-state index contributed by atoms with van der Waals surface area (Å²) in [5, 5.41) is 3.97. The predicted octanol–water partition coefficient (Wildman–Crippen LogP) is 3.77. The first-order valence-electron chi connectivity index (χ1n) is 14.7. The maximum atomic E-state index is 14.2. The van der Waals surface area contributed by atoms with Crippen LogP contribution < -0.4 is 16.0 Å². The Kier molecular flexibility index (Phi) is 9.62. The number of hydrogen-bond acceptors (Lipinski definition) is 5. The molecule has 0 unspecified atom stereocenters. The van der Waals surface area contributed by atoms with Gasteiger partial charge in [0.2, 0.25) is 5.91 Å². The molecule has 43 heavy (non-hydrogen) atoms. The van der Waals surface area contributed by atoms with E-state index in [4.69, 9.17) is 17.3 Å². The van der Waals surface area contributed by atoms with Gasteiger partial charge >= 0.3 is 0 Å². The lowest BCUT2D eigenvalue weighted by molar-refractivity contribution is -0.139. The smallest absolute Gasteiger partial charge is 0.261 e. The molecule has 3 aromatic carbocycles. The first-order valence-corrected chi connectivity index (χ1v) is 15.1. The first-order chi connectivity index (χ1) is 20.8. The number of primary amides is 1. The van der Waals surface area contributed by atoms with Crippen molar-refractivity contribution in [2.45, 2.75) is 43.8 Å². The SMILES string of the molecule is NC(=O)[C@H]1N(CCNCCc2cccc(F)c2)C(=O)C2(CCN(C(=O)CCc3ccc(Cl)cc3)CC2)N1c1ccccc1. The van der Waals surface area contributed by atoms with Crippen LogP contribution in [0, 0.1) is 5.82 Å². The molecule has 3 aromatic rings. The molecule has 0 saturated carbocycles. The first kappa shape index (κ1) is 30.5. The van der Waals surface area contributed by atoms with Crippen molar-refractivity contribution in [3.63, 3.8) is 0 Å². The van der Waals surface area contributed by atoms with Gasteiger partial charge in [0.25, 0.3) is 11.8 Å². The zero-order valence-corrected chi connectivity index (χ0v) is 24.8. The maximum Gasteiger partial charge on any atom is 0.261 e. The number of anilines is 1. The zero-order chi connectivity index (χ0) is 30.4. The topological polar surface area (TPSA) is 99.0 Å². The van der Waals surface area contributed by atoms with Crippen LogP contribution in [-0.4, -0.2) is 71.9 Å². The Morgan fingerprint density at radius 3 is 2.33 bits per heavy atom. The highest BCUT2D eigenvalue weighted by Gasteiger charge is 2.60. The van der Waals surface area contributed by atoms with Gasteiger partial charge in [0.05, 0.1) is 0 Å². The summed E-state index contributed by atoms with van der Waals surface area (Å²) >= 11 is 5.98. The fourth-order valence-electron chi connectivity index (χ4n) is 6.23. The van der Waals surface area contributed by atoms with E-state index in [1.165, 1.54) is 12.1 Å². The van der Waals surface area contributed by atoms with Crippen molar-refractivity contribution in [1.82, 2.24) is 15.1 Å². The highest BCUT2D eigenvalue weighted by molar-refractivity contribution is 6.30. The monoisotopic (exact) mass is 605 g/mol. The number of halogens is 2. The second-order valence-corrected chi connectivity index (χ2v) is 11.6. The quantitative estimate of drug-likeness (QED) is 0.324. The lowest BCUT2D eigenvalue weighted by Gasteiger charge is -2.44. The van der Waals surface area contributed by atoms with E-state index >= 15 is 0 Å². The Morgan fingerprint density at radius 1 is 0.930 bits per heavy atom. The minimum Gasteiger partial charge on any atom is -0.366 e. The summed E-state index contributed by atoms with van der Waals surface area (Å²) in [5.41, 5.74) is 7.63. The molecule has 1 atom stereocenters. The summed E-state index contributed by atoms with van der Waals surface area (Å²) in [6, 6.07) is 23.3. The highest BCUT2D eigenvalue weighted by atomic mass is 35.5. The zero-order valence-electron chi connectivity index (χ0n) is 24.1. The molecule has 1 spiro atoms. The molecule has 0 aromatic heterocycles. The highest BCUT2D eigenvalue weighted by Crippen LogP contribution is 2.42. The molecule has 226 valence electrons. The fourth-order valence-corrected chi connectivity index (χ4v) is 6.35. The molecule has 8 nitrogen and oxygen atoms in total. The third-order valence-electron chi connectivity index (χ3n) is 8.44. The minimum atomic E-state index is -0.991. The Bertz CT molecular complexity index is 1430. The van der Waals surface area contributed by atoms with Crippen molar-refractivity contribution < 1.29 is 18.8 Å². The average Bonchev–Trinajstić information content (AvgIpc) is 3.24. The van der Waals surface area contributed by atoms with Crippen molar-refractivity contribution in [2.24, 2.45) is 5.73 Å². The summed E-state index contributed by atoms with van der Waals surface area (Å²) in [4.78, 5) is 45.5. The number of nitrogens with two attached hydrogens (primary N) is 1. The van der Waals surface area contributed by atoms with E-state index < -0.39 is 17.6 Å². The molecule has 2 heterocycles. The molecule has 0 bridgehead atoms. The van der Waals surface area contributed by atoms with E-state index in [0.717, 1.165) is 16.8 Å². The number of hydrogen-bond donors (Lipinski definition) is 2. The van der Waals surface area contributed by atoms with Gasteiger partial charge in [0.15, 0.2) is 6.17 Å². The van der Waals surface area contributed by atoms with Crippen LogP contribution in [0.25, 0.3) is 0 Å². The van der Waals surface area contributed by atoms with E-state index in [0.29, 0.717) is 63.3 Å². The summed E-state index contributed by atoms with van der Waals surface area (Å²) < 4.78 is 13.5. The van der Waals surface area contributed by atoms with Crippen LogP contribution >= 0.6 is 11.6 Å². The number of amides is 3. The number of rotatable bonds is 11. The van der Waals surface area contributed by atoms with Gasteiger partial charge in [-0.05, 0) is 79.8 Å². The Balaban J connectivity index is 1.27. The van der Waals surface area contributed by atoms with Crippen LogP contribution in [0.4, 0.5) is 10.1 Å². The Morgan fingerprint density at radius 2 is 1.65 bits per heavy atom. The van der Waals surface area contributed by atoms with Gasteiger partial charge in [0.1, 0.15) is 11.4 Å². The van der Waals surface area contributed by atoms with Crippen molar-refractivity contribution >= 4 is 35.0 Å². The number of para-hydroxylation sites is 1. The molecule has 10 heteroatoms. The molecule has 0 radical (unpaired) electrons. The second kappa shape index (κ2) is 13.6. The van der Waals surface area contributed by atoms with Crippen LogP contribution in [0.1, 0.15) is 30.4 Å². The Hall–Kier alpha value is -3.95. The van der Waals surface area contributed by atoms with Gasteiger partial charge in [-0.15, -0.1) is 0 Å². The molecule has 2 aliphatic heterocycles. The van der Waals surface area contributed by atoms with Crippen molar-refractivity contribution in [3.05, 3.63) is 101 Å². The molecular formula is C33H37ClFN5O3. The number of nitrogens with zero attached hydrogens (tertiary/aromatic N) is 3. The lowest BCUT2D eigenvalue weighted by atomic mass is 9.85. The number of carbonyl (C=O) groups excluding carboxylic acids is 3. The Labute approximate surface area is 256 Å². The number of benzene rings is 3. The molecular weight excluding hydrogens is 569 g/mol. The molecule has 2 fully saturated rings. The van der Waals surface area contributed by atoms with Crippen LogP contribution in [0.3, 0.4) is 0 Å². The average molecular weight is 606 g/mol. The maximum absolute atomic E-state index is 14.2. The van der Waals surface area contributed by atoms with Gasteiger partial charge in [-0.2, -0.15) is 0 Å². The predicted molar refractivity (Wildman–Crippen MR) is 165 cm³/mol. The largest absolute Gasteiger partial charge is 0.366 e. The van der Waals surface area contributed by atoms with Crippen LogP contribution in [0.5, 0.6) is 0 Å². The van der Waals surface area contributed by atoms with Gasteiger partial charge in [-0.25, -0.2) is 4.39 Å². The van der Waals surface area contributed by atoms with Gasteiger partial charge < -0.3 is 25.8 Å². The van der Waals surface area contributed by atoms with Gasteiger partial charge in [-0.1, -0.05) is 54.1 Å². The van der Waals surface area contributed by atoms with Crippen LogP contribution in [-0.2, 0) is 27.2 Å². The normalized spacial score (nSPS) is 18.0. The fraction of sp³-hybridized carbons (Fsp3) is 0.364. The van der Waals surface area contributed by atoms with E-state index in [-0.39, 0.29) is 24.2 Å². The summed E-state index contributed by atoms with van der Waals surface area (Å²) in [6.45, 7) is 2.12. The van der Waals surface area contributed by atoms with Gasteiger partial charge in [0, 0.05) is 43.3 Å². The van der Waals surface area contributed by atoms with Crippen molar-refractivity contribution in [3.8, 4) is 0 Å². The molecule has 2 saturated heterocycles. The van der Waals surface area contributed by atoms with E-state index in [1.807, 2.05) is 70.5 Å². The lowest BCUT2D eigenvalue weighted by Crippen LogP contribution is -2.59. The van der Waals surface area contributed by atoms with Gasteiger partial charge in [-0.3, -0.25) is 14.4 Å². The molecule has 0 aliphatic carbocycles. The van der Waals surface area contributed by atoms with Crippen molar-refractivity contribution in [2.75, 3.05) is 37.6 Å². The number of aryl methyl sites for hydroxylation is 1. The van der Waals surface area contributed by atoms with Crippen molar-refractivity contribution in [1.29, 1.82) is 0 Å². The molecule has 3 N–H and O–H groups in total.